The van der Waals surface area contributed by atoms with E-state index in [2.05, 4.69) is 21.2 Å². The summed E-state index contributed by atoms with van der Waals surface area (Å²) in [6.45, 7) is 1.86. The molecule has 2 rings (SSSR count). The van der Waals surface area contributed by atoms with E-state index in [1.54, 1.807) is 24.3 Å². The van der Waals surface area contributed by atoms with Crippen LogP contribution in [0.1, 0.15) is 5.56 Å². The predicted octanol–water partition coefficient (Wildman–Crippen LogP) is 3.09. The fourth-order valence-electron chi connectivity index (χ4n) is 1.86. The zero-order valence-electron chi connectivity index (χ0n) is 11.4. The van der Waals surface area contributed by atoms with Crippen molar-refractivity contribution in [1.82, 2.24) is 0 Å². The molecule has 21 heavy (non-hydrogen) atoms. The third-order valence-corrected chi connectivity index (χ3v) is 5.24. The first kappa shape index (κ1) is 15.7. The third-order valence-electron chi connectivity index (χ3n) is 2.91. The average molecular weight is 367 g/mol. The standard InChI is InChI=1S/C15H15BrN2O2S/c1-10-5-4-7-12(17)15(10)18-14(19)9-21(20)13-8-3-2-6-11(13)16/h2-8H,9,17H2,1H3,(H,18,19). The monoisotopic (exact) mass is 366 g/mol. The van der Waals surface area contributed by atoms with Crippen LogP contribution >= 0.6 is 15.9 Å². The molecule has 1 amide bonds. The van der Waals surface area contributed by atoms with Gasteiger partial charge in [-0.05, 0) is 46.6 Å². The molecular weight excluding hydrogens is 352 g/mol. The SMILES string of the molecule is Cc1cccc(N)c1NC(=O)CS(=O)c1ccccc1Br. The number of benzene rings is 2. The normalized spacial score (nSPS) is 11.9. The molecule has 3 N–H and O–H groups in total. The van der Waals surface area contributed by atoms with Crippen LogP contribution in [0, 0.1) is 6.92 Å². The Hall–Kier alpha value is -1.66. The number of aryl methyl sites for hydroxylation is 1. The van der Waals surface area contributed by atoms with Gasteiger partial charge < -0.3 is 11.1 Å². The Balaban J connectivity index is 2.09. The summed E-state index contributed by atoms with van der Waals surface area (Å²) in [4.78, 5) is 12.6. The van der Waals surface area contributed by atoms with Crippen LogP contribution in [0.3, 0.4) is 0 Å². The van der Waals surface area contributed by atoms with Gasteiger partial charge in [0.05, 0.1) is 27.1 Å². The molecule has 0 bridgehead atoms. The number of hydrogen-bond donors (Lipinski definition) is 2. The van der Waals surface area contributed by atoms with Crippen LogP contribution in [0.4, 0.5) is 11.4 Å². The van der Waals surface area contributed by atoms with Crippen LogP contribution in [0.25, 0.3) is 0 Å². The Bertz CT molecular complexity index is 684. The smallest absolute Gasteiger partial charge is 0.237 e. The van der Waals surface area contributed by atoms with Crippen LogP contribution < -0.4 is 11.1 Å². The highest BCUT2D eigenvalue weighted by molar-refractivity contribution is 9.10. The van der Waals surface area contributed by atoms with Crippen molar-refractivity contribution in [3.63, 3.8) is 0 Å². The van der Waals surface area contributed by atoms with Crippen LogP contribution in [0.15, 0.2) is 51.8 Å². The number of halogens is 1. The lowest BCUT2D eigenvalue weighted by molar-refractivity contribution is -0.113. The Labute approximate surface area is 134 Å². The number of rotatable bonds is 4. The minimum absolute atomic E-state index is 0.115. The molecular formula is C15H15BrN2O2S. The van der Waals surface area contributed by atoms with Gasteiger partial charge in [-0.3, -0.25) is 9.00 Å². The lowest BCUT2D eigenvalue weighted by Crippen LogP contribution is -2.21. The molecule has 0 aliphatic heterocycles. The fraction of sp³-hybridized carbons (Fsp3) is 0.133. The number of nitrogens with one attached hydrogen (secondary N) is 1. The molecule has 4 nitrogen and oxygen atoms in total. The number of nitrogens with two attached hydrogens (primary N) is 1. The van der Waals surface area contributed by atoms with Crippen molar-refractivity contribution >= 4 is 44.0 Å². The van der Waals surface area contributed by atoms with Gasteiger partial charge in [-0.1, -0.05) is 24.3 Å². The molecule has 0 aromatic heterocycles. The molecule has 0 saturated heterocycles. The van der Waals surface area contributed by atoms with Gasteiger partial charge in [0.2, 0.25) is 5.91 Å². The molecule has 2 aromatic carbocycles. The van der Waals surface area contributed by atoms with Gasteiger partial charge >= 0.3 is 0 Å². The van der Waals surface area contributed by atoms with Gasteiger partial charge in [0.15, 0.2) is 0 Å². The van der Waals surface area contributed by atoms with E-state index < -0.39 is 10.8 Å². The van der Waals surface area contributed by atoms with Gasteiger partial charge in [-0.2, -0.15) is 0 Å². The molecule has 6 heteroatoms. The van der Waals surface area contributed by atoms with Gasteiger partial charge in [-0.25, -0.2) is 0 Å². The Morgan fingerprint density at radius 3 is 2.62 bits per heavy atom. The summed E-state index contributed by atoms with van der Waals surface area (Å²) in [5.74, 6) is -0.443. The lowest BCUT2D eigenvalue weighted by Gasteiger charge is -2.11. The maximum atomic E-state index is 12.2. The van der Waals surface area contributed by atoms with Gasteiger partial charge in [-0.15, -0.1) is 0 Å². The number of carbonyl (C=O) groups is 1. The summed E-state index contributed by atoms with van der Waals surface area (Å²) in [6, 6.07) is 12.5. The number of amides is 1. The Kier molecular flexibility index (Phi) is 5.14. The van der Waals surface area contributed by atoms with E-state index in [0.29, 0.717) is 16.3 Å². The van der Waals surface area contributed by atoms with Crippen molar-refractivity contribution in [1.29, 1.82) is 0 Å². The maximum Gasteiger partial charge on any atom is 0.237 e. The summed E-state index contributed by atoms with van der Waals surface area (Å²) in [5, 5.41) is 2.73. The van der Waals surface area contributed by atoms with E-state index in [0.717, 1.165) is 10.0 Å². The van der Waals surface area contributed by atoms with Crippen molar-refractivity contribution in [2.24, 2.45) is 0 Å². The highest BCUT2D eigenvalue weighted by atomic mass is 79.9. The highest BCUT2D eigenvalue weighted by Gasteiger charge is 2.14. The van der Waals surface area contributed by atoms with Crippen molar-refractivity contribution in [3.8, 4) is 0 Å². The average Bonchev–Trinajstić information content (AvgIpc) is 2.43. The zero-order valence-corrected chi connectivity index (χ0v) is 13.8. The molecule has 0 aliphatic carbocycles. The second kappa shape index (κ2) is 6.87. The van der Waals surface area contributed by atoms with E-state index in [-0.39, 0.29) is 11.7 Å². The van der Waals surface area contributed by atoms with E-state index in [1.165, 1.54) is 0 Å². The molecule has 1 atom stereocenters. The van der Waals surface area contributed by atoms with E-state index in [9.17, 15) is 9.00 Å². The van der Waals surface area contributed by atoms with Crippen molar-refractivity contribution in [3.05, 3.63) is 52.5 Å². The summed E-state index contributed by atoms with van der Waals surface area (Å²) < 4.78 is 13.0. The molecule has 0 heterocycles. The van der Waals surface area contributed by atoms with Crippen molar-refractivity contribution in [2.45, 2.75) is 11.8 Å². The minimum Gasteiger partial charge on any atom is -0.397 e. The molecule has 0 spiro atoms. The van der Waals surface area contributed by atoms with Crippen LogP contribution in [-0.4, -0.2) is 15.9 Å². The zero-order chi connectivity index (χ0) is 15.4. The highest BCUT2D eigenvalue weighted by Crippen LogP contribution is 2.23. The maximum absolute atomic E-state index is 12.2. The van der Waals surface area contributed by atoms with Crippen LogP contribution in [0.2, 0.25) is 0 Å². The largest absolute Gasteiger partial charge is 0.397 e. The number of carbonyl (C=O) groups excluding carboxylic acids is 1. The summed E-state index contributed by atoms with van der Waals surface area (Å²) in [7, 11) is -1.41. The molecule has 0 radical (unpaired) electrons. The van der Waals surface area contributed by atoms with E-state index >= 15 is 0 Å². The number of para-hydroxylation sites is 1. The molecule has 2 aromatic rings. The lowest BCUT2D eigenvalue weighted by atomic mass is 10.1. The molecule has 0 aliphatic rings. The number of hydrogen-bond acceptors (Lipinski definition) is 3. The van der Waals surface area contributed by atoms with Crippen molar-refractivity contribution in [2.75, 3.05) is 16.8 Å². The second-order valence-electron chi connectivity index (χ2n) is 4.51. The topological polar surface area (TPSA) is 72.2 Å². The third kappa shape index (κ3) is 3.92. The van der Waals surface area contributed by atoms with Gasteiger partial charge in [0, 0.05) is 4.47 Å². The quantitative estimate of drug-likeness (QED) is 0.816. The van der Waals surface area contributed by atoms with Crippen molar-refractivity contribution < 1.29 is 9.00 Å². The molecule has 110 valence electrons. The molecule has 0 fully saturated rings. The summed E-state index contributed by atoms with van der Waals surface area (Å²) in [6.07, 6.45) is 0. The number of anilines is 2. The summed E-state index contributed by atoms with van der Waals surface area (Å²) in [5.41, 5.74) is 7.78. The number of nitrogen functional groups attached to an aromatic ring is 1. The van der Waals surface area contributed by atoms with Gasteiger partial charge in [0.25, 0.3) is 0 Å². The predicted molar refractivity (Wildman–Crippen MR) is 89.6 cm³/mol. The first-order valence-corrected chi connectivity index (χ1v) is 8.38. The van der Waals surface area contributed by atoms with E-state index in [4.69, 9.17) is 5.73 Å². The minimum atomic E-state index is -1.41. The van der Waals surface area contributed by atoms with Gasteiger partial charge in [0.1, 0.15) is 5.75 Å². The first-order chi connectivity index (χ1) is 9.99. The Morgan fingerprint density at radius 2 is 1.95 bits per heavy atom. The van der Waals surface area contributed by atoms with Crippen LogP contribution in [0.5, 0.6) is 0 Å². The Morgan fingerprint density at radius 1 is 1.24 bits per heavy atom. The van der Waals surface area contributed by atoms with Crippen LogP contribution in [-0.2, 0) is 15.6 Å². The molecule has 1 unspecified atom stereocenters. The summed E-state index contributed by atoms with van der Waals surface area (Å²) >= 11 is 3.33. The first-order valence-electron chi connectivity index (χ1n) is 6.27. The fourth-order valence-corrected chi connectivity index (χ4v) is 3.67. The van der Waals surface area contributed by atoms with E-state index in [1.807, 2.05) is 25.1 Å². The molecule has 0 saturated carbocycles. The second-order valence-corrected chi connectivity index (χ2v) is 6.78.